The molecule has 134 valence electrons. The van der Waals surface area contributed by atoms with Gasteiger partial charge in [0, 0.05) is 10.7 Å². The lowest BCUT2D eigenvalue weighted by Crippen LogP contribution is -2.30. The molecule has 1 atom stereocenters. The molecule has 1 unspecified atom stereocenters. The Morgan fingerprint density at radius 1 is 1.31 bits per heavy atom. The van der Waals surface area contributed by atoms with Crippen LogP contribution in [0.2, 0.25) is 5.02 Å². The van der Waals surface area contributed by atoms with Crippen molar-refractivity contribution in [3.8, 4) is 11.4 Å². The molecule has 1 aromatic heterocycles. The molecule has 1 heterocycles. The normalized spacial score (nSPS) is 11.8. The summed E-state index contributed by atoms with van der Waals surface area (Å²) in [6.45, 7) is 3.59. The van der Waals surface area contributed by atoms with E-state index in [2.05, 4.69) is 36.8 Å². The first-order valence-electron chi connectivity index (χ1n) is 7.70. The second-order valence-corrected chi connectivity index (χ2v) is 6.87. The Labute approximate surface area is 163 Å². The number of amides is 1. The smallest absolute Gasteiger partial charge is 0.265 e. The van der Waals surface area contributed by atoms with Crippen LogP contribution in [-0.4, -0.2) is 32.2 Å². The van der Waals surface area contributed by atoms with Gasteiger partial charge in [-0.2, -0.15) is 0 Å². The Morgan fingerprint density at radius 3 is 2.77 bits per heavy atom. The van der Waals surface area contributed by atoms with Crippen molar-refractivity contribution in [2.75, 3.05) is 5.32 Å². The summed E-state index contributed by atoms with van der Waals surface area (Å²) in [5.41, 5.74) is 2.42. The predicted molar refractivity (Wildman–Crippen MR) is 102 cm³/mol. The first-order valence-corrected chi connectivity index (χ1v) is 8.87. The number of hydrogen-bond acceptors (Lipinski definition) is 5. The molecule has 0 aliphatic rings. The van der Waals surface area contributed by atoms with Gasteiger partial charge in [-0.3, -0.25) is 4.79 Å². The van der Waals surface area contributed by atoms with E-state index in [0.717, 1.165) is 11.3 Å². The molecule has 0 aliphatic carbocycles. The number of tetrazole rings is 1. The van der Waals surface area contributed by atoms with Crippen molar-refractivity contribution in [1.82, 2.24) is 20.2 Å². The van der Waals surface area contributed by atoms with E-state index in [1.807, 2.05) is 19.1 Å². The van der Waals surface area contributed by atoms with Crippen LogP contribution >= 0.6 is 27.5 Å². The molecule has 0 saturated carbocycles. The highest BCUT2D eigenvalue weighted by atomic mass is 79.9. The van der Waals surface area contributed by atoms with Gasteiger partial charge in [-0.1, -0.05) is 11.6 Å². The molecule has 2 aromatic carbocycles. The third-order valence-corrected chi connectivity index (χ3v) is 4.48. The van der Waals surface area contributed by atoms with Gasteiger partial charge in [0.2, 0.25) is 0 Å². The largest absolute Gasteiger partial charge is 0.480 e. The second-order valence-electron chi connectivity index (χ2n) is 5.58. The van der Waals surface area contributed by atoms with Gasteiger partial charge in [0.15, 0.2) is 6.10 Å². The van der Waals surface area contributed by atoms with Gasteiger partial charge in [0.05, 0.1) is 10.2 Å². The Balaban J connectivity index is 1.68. The van der Waals surface area contributed by atoms with Gasteiger partial charge >= 0.3 is 0 Å². The fraction of sp³-hybridized carbons (Fsp3) is 0.176. The molecule has 0 radical (unpaired) electrons. The van der Waals surface area contributed by atoms with Crippen molar-refractivity contribution in [2.45, 2.75) is 20.0 Å². The Morgan fingerprint density at radius 2 is 2.12 bits per heavy atom. The summed E-state index contributed by atoms with van der Waals surface area (Å²) in [4.78, 5) is 12.4. The van der Waals surface area contributed by atoms with Crippen molar-refractivity contribution >= 4 is 39.1 Å². The van der Waals surface area contributed by atoms with Gasteiger partial charge in [-0.25, -0.2) is 4.68 Å². The minimum absolute atomic E-state index is 0.263. The van der Waals surface area contributed by atoms with Gasteiger partial charge < -0.3 is 10.1 Å². The number of ether oxygens (including phenoxy) is 1. The van der Waals surface area contributed by atoms with Gasteiger partial charge in [0.25, 0.3) is 5.91 Å². The maximum absolute atomic E-state index is 12.4. The number of rotatable bonds is 5. The molecule has 0 saturated heterocycles. The van der Waals surface area contributed by atoms with Crippen LogP contribution in [-0.2, 0) is 4.79 Å². The van der Waals surface area contributed by atoms with Gasteiger partial charge in [-0.05, 0) is 82.2 Å². The van der Waals surface area contributed by atoms with Crippen LogP contribution in [0, 0.1) is 6.92 Å². The van der Waals surface area contributed by atoms with E-state index >= 15 is 0 Å². The number of carbonyl (C=O) groups is 1. The van der Waals surface area contributed by atoms with E-state index < -0.39 is 6.10 Å². The first-order chi connectivity index (χ1) is 12.4. The van der Waals surface area contributed by atoms with Crippen LogP contribution in [0.3, 0.4) is 0 Å². The molecule has 3 rings (SSSR count). The fourth-order valence-electron chi connectivity index (χ4n) is 2.32. The van der Waals surface area contributed by atoms with Crippen LogP contribution in [0.15, 0.2) is 47.2 Å². The van der Waals surface area contributed by atoms with Crippen molar-refractivity contribution in [1.29, 1.82) is 0 Å². The van der Waals surface area contributed by atoms with Gasteiger partial charge in [-0.15, -0.1) is 5.10 Å². The van der Waals surface area contributed by atoms with E-state index in [1.165, 1.54) is 6.33 Å². The lowest BCUT2D eigenvalue weighted by molar-refractivity contribution is -0.122. The average molecular weight is 437 g/mol. The molecule has 0 spiro atoms. The third-order valence-electron chi connectivity index (χ3n) is 3.63. The maximum atomic E-state index is 12.4. The molecule has 3 aromatic rings. The zero-order valence-corrected chi connectivity index (χ0v) is 16.3. The van der Waals surface area contributed by atoms with E-state index in [-0.39, 0.29) is 5.91 Å². The molecule has 26 heavy (non-hydrogen) atoms. The minimum atomic E-state index is -0.688. The fourth-order valence-corrected chi connectivity index (χ4v) is 3.10. The van der Waals surface area contributed by atoms with Crippen LogP contribution in [0.5, 0.6) is 5.75 Å². The Bertz CT molecular complexity index is 933. The van der Waals surface area contributed by atoms with Crippen molar-refractivity contribution in [3.05, 3.63) is 57.8 Å². The second kappa shape index (κ2) is 7.84. The standard InChI is InChI=1S/C17H15BrClN5O2/c1-10-7-13(4-5-15(10)24-9-20-22-23-24)21-17(25)11(2)26-16-6-3-12(19)8-14(16)18/h3-9,11H,1-2H3,(H,21,25). The maximum Gasteiger partial charge on any atom is 0.265 e. The highest BCUT2D eigenvalue weighted by Gasteiger charge is 2.17. The lowest BCUT2D eigenvalue weighted by atomic mass is 10.1. The molecule has 0 bridgehead atoms. The lowest BCUT2D eigenvalue weighted by Gasteiger charge is -2.16. The van der Waals surface area contributed by atoms with Crippen LogP contribution < -0.4 is 10.1 Å². The number of nitrogens with zero attached hydrogens (tertiary/aromatic N) is 4. The minimum Gasteiger partial charge on any atom is -0.480 e. The Kier molecular flexibility index (Phi) is 5.53. The number of benzene rings is 2. The number of hydrogen-bond donors (Lipinski definition) is 1. The highest BCUT2D eigenvalue weighted by Crippen LogP contribution is 2.29. The summed E-state index contributed by atoms with van der Waals surface area (Å²) in [7, 11) is 0. The third kappa shape index (κ3) is 4.20. The summed E-state index contributed by atoms with van der Waals surface area (Å²) >= 11 is 9.28. The van der Waals surface area contributed by atoms with Crippen molar-refractivity contribution < 1.29 is 9.53 Å². The molecular weight excluding hydrogens is 422 g/mol. The highest BCUT2D eigenvalue weighted by molar-refractivity contribution is 9.10. The zero-order chi connectivity index (χ0) is 18.7. The molecule has 9 heteroatoms. The topological polar surface area (TPSA) is 81.9 Å². The van der Waals surface area contributed by atoms with Gasteiger partial charge in [0.1, 0.15) is 12.1 Å². The summed E-state index contributed by atoms with van der Waals surface area (Å²) in [6.07, 6.45) is 0.826. The summed E-state index contributed by atoms with van der Waals surface area (Å²) in [5, 5.41) is 14.5. The molecule has 7 nitrogen and oxygen atoms in total. The number of aromatic nitrogens is 4. The molecule has 0 aliphatic heterocycles. The van der Waals surface area contributed by atoms with Crippen LogP contribution in [0.4, 0.5) is 5.69 Å². The summed E-state index contributed by atoms with van der Waals surface area (Å²) < 4.78 is 7.95. The number of aryl methyl sites for hydroxylation is 1. The van der Waals surface area contributed by atoms with Crippen molar-refractivity contribution in [2.24, 2.45) is 0 Å². The molecule has 1 N–H and O–H groups in total. The van der Waals surface area contributed by atoms with E-state index in [9.17, 15) is 4.79 Å². The van der Waals surface area contributed by atoms with E-state index in [4.69, 9.17) is 16.3 Å². The van der Waals surface area contributed by atoms with E-state index in [0.29, 0.717) is 20.9 Å². The molecule has 1 amide bonds. The summed E-state index contributed by atoms with van der Waals surface area (Å²) in [5.74, 6) is 0.281. The van der Waals surface area contributed by atoms with Crippen molar-refractivity contribution in [3.63, 3.8) is 0 Å². The number of nitrogens with one attached hydrogen (secondary N) is 1. The Hall–Kier alpha value is -2.45. The number of anilines is 1. The molecule has 0 fully saturated rings. The number of halogens is 2. The predicted octanol–water partition coefficient (Wildman–Crippen LogP) is 3.79. The summed E-state index contributed by atoms with van der Waals surface area (Å²) in [6, 6.07) is 10.6. The molecular formula is C17H15BrClN5O2. The average Bonchev–Trinajstić information content (AvgIpc) is 3.11. The monoisotopic (exact) mass is 435 g/mol. The number of carbonyl (C=O) groups excluding carboxylic acids is 1. The van der Waals surface area contributed by atoms with E-state index in [1.54, 1.807) is 35.9 Å². The first kappa shape index (κ1) is 18.3. The van der Waals surface area contributed by atoms with Crippen LogP contribution in [0.25, 0.3) is 5.69 Å². The van der Waals surface area contributed by atoms with Crippen LogP contribution in [0.1, 0.15) is 12.5 Å². The zero-order valence-electron chi connectivity index (χ0n) is 14.0. The SMILES string of the molecule is Cc1cc(NC(=O)C(C)Oc2ccc(Cl)cc2Br)ccc1-n1cnnn1. The quantitative estimate of drug-likeness (QED) is 0.658.